The third-order valence-corrected chi connectivity index (χ3v) is 4.24. The lowest BCUT2D eigenvalue weighted by atomic mass is 9.93. The van der Waals surface area contributed by atoms with E-state index in [1.807, 2.05) is 60.7 Å². The maximum absolute atomic E-state index is 9.93. The Labute approximate surface area is 161 Å². The third-order valence-electron chi connectivity index (χ3n) is 4.24. The Morgan fingerprint density at radius 1 is 0.815 bits per heavy atom. The molecule has 0 amide bonds. The van der Waals surface area contributed by atoms with E-state index in [4.69, 9.17) is 4.74 Å². The number of benzene rings is 3. The van der Waals surface area contributed by atoms with Crippen molar-refractivity contribution in [1.82, 2.24) is 4.90 Å². The maximum Gasteiger partial charge on any atom is 0.127 e. The molecule has 0 spiro atoms. The van der Waals surface area contributed by atoms with Gasteiger partial charge in [0.1, 0.15) is 17.2 Å². The predicted molar refractivity (Wildman–Crippen MR) is 111 cm³/mol. The Balaban J connectivity index is 1.95. The minimum atomic E-state index is 0.270. The number of aromatic hydroxyl groups is 1. The molecule has 0 unspecified atom stereocenters. The summed E-state index contributed by atoms with van der Waals surface area (Å²) in [6.45, 7) is 2.97. The van der Waals surface area contributed by atoms with Crippen LogP contribution >= 0.6 is 0 Å². The maximum atomic E-state index is 9.93. The molecule has 0 atom stereocenters. The number of likely N-dealkylation sites (N-methyl/N-ethyl adjacent to an activating group) is 1. The molecule has 27 heavy (non-hydrogen) atoms. The summed E-state index contributed by atoms with van der Waals surface area (Å²) >= 11 is 0. The molecule has 3 rings (SSSR count). The summed E-state index contributed by atoms with van der Waals surface area (Å²) in [5.41, 5.74) is 4.47. The minimum Gasteiger partial charge on any atom is -0.508 e. The number of nitrogens with zero attached hydrogens (tertiary/aromatic N) is 1. The number of rotatable bonds is 6. The molecular weight excluding hydrogens is 334 g/mol. The first kappa shape index (κ1) is 18.7. The van der Waals surface area contributed by atoms with Gasteiger partial charge in [-0.1, -0.05) is 48.0 Å². The Hall–Kier alpha value is -3.04. The monoisotopic (exact) mass is 359 g/mol. The van der Waals surface area contributed by atoms with Crippen molar-refractivity contribution < 1.29 is 9.84 Å². The lowest BCUT2D eigenvalue weighted by molar-refractivity contribution is 0.446. The number of ether oxygens (including phenoxy) is 1. The summed E-state index contributed by atoms with van der Waals surface area (Å²) in [5, 5.41) is 9.93. The largest absolute Gasteiger partial charge is 0.508 e. The van der Waals surface area contributed by atoms with Gasteiger partial charge in [-0.3, -0.25) is 0 Å². The fourth-order valence-corrected chi connectivity index (χ4v) is 3.19. The van der Waals surface area contributed by atoms with Crippen molar-refractivity contribution in [2.45, 2.75) is 6.92 Å². The van der Waals surface area contributed by atoms with Gasteiger partial charge in [-0.15, -0.1) is 0 Å². The molecule has 0 radical (unpaired) electrons. The summed E-state index contributed by atoms with van der Waals surface area (Å²) < 4.78 is 5.90. The van der Waals surface area contributed by atoms with E-state index in [-0.39, 0.29) is 5.75 Å². The summed E-state index contributed by atoms with van der Waals surface area (Å²) in [7, 11) is 4.11. The second-order valence-corrected chi connectivity index (χ2v) is 6.88. The molecule has 0 bridgehead atoms. The van der Waals surface area contributed by atoms with Crippen molar-refractivity contribution >= 4 is 5.57 Å². The zero-order valence-electron chi connectivity index (χ0n) is 16.0. The molecule has 3 aromatic rings. The molecule has 0 fully saturated rings. The van der Waals surface area contributed by atoms with Crippen LogP contribution in [-0.2, 0) is 0 Å². The second-order valence-electron chi connectivity index (χ2n) is 6.88. The van der Waals surface area contributed by atoms with Crippen LogP contribution in [0.3, 0.4) is 0 Å². The van der Waals surface area contributed by atoms with Crippen LogP contribution < -0.4 is 4.74 Å². The normalized spacial score (nSPS) is 12.0. The average Bonchev–Trinajstić information content (AvgIpc) is 2.64. The Morgan fingerprint density at radius 3 is 2.11 bits per heavy atom. The van der Waals surface area contributed by atoms with E-state index in [1.54, 1.807) is 6.07 Å². The van der Waals surface area contributed by atoms with Gasteiger partial charge in [0.2, 0.25) is 0 Å². The van der Waals surface area contributed by atoms with Crippen molar-refractivity contribution in [1.29, 1.82) is 0 Å². The molecule has 1 N–H and O–H groups in total. The molecule has 3 aromatic carbocycles. The van der Waals surface area contributed by atoms with E-state index in [1.165, 1.54) is 5.57 Å². The fourth-order valence-electron chi connectivity index (χ4n) is 3.19. The van der Waals surface area contributed by atoms with Crippen LogP contribution in [0.2, 0.25) is 0 Å². The quantitative estimate of drug-likeness (QED) is 0.625. The van der Waals surface area contributed by atoms with Crippen molar-refractivity contribution in [2.24, 2.45) is 0 Å². The molecule has 0 aliphatic heterocycles. The lowest BCUT2D eigenvalue weighted by Crippen LogP contribution is -2.15. The van der Waals surface area contributed by atoms with E-state index >= 15 is 0 Å². The van der Waals surface area contributed by atoms with Gasteiger partial charge in [0.05, 0.1) is 0 Å². The molecular formula is C24H25NO2. The van der Waals surface area contributed by atoms with Crippen molar-refractivity contribution in [3.8, 4) is 17.2 Å². The van der Waals surface area contributed by atoms with Gasteiger partial charge in [0, 0.05) is 6.54 Å². The summed E-state index contributed by atoms with van der Waals surface area (Å²) in [5.74, 6) is 1.88. The summed E-state index contributed by atoms with van der Waals surface area (Å²) in [4.78, 5) is 2.14. The zero-order chi connectivity index (χ0) is 19.2. The molecule has 0 saturated carbocycles. The van der Waals surface area contributed by atoms with Crippen LogP contribution in [0.25, 0.3) is 5.57 Å². The number of para-hydroxylation sites is 1. The van der Waals surface area contributed by atoms with E-state index in [0.29, 0.717) is 0 Å². The van der Waals surface area contributed by atoms with Crippen LogP contribution in [0, 0.1) is 0 Å². The topological polar surface area (TPSA) is 32.7 Å². The zero-order valence-corrected chi connectivity index (χ0v) is 16.0. The highest BCUT2D eigenvalue weighted by atomic mass is 16.5. The predicted octanol–water partition coefficient (Wildman–Crippen LogP) is 5.57. The first-order chi connectivity index (χ1) is 13.0. The SMILES string of the molecule is CC(CN(C)C)=C(c1ccc(Oc2ccccc2)cc1)c1cccc(O)c1. The van der Waals surface area contributed by atoms with Gasteiger partial charge < -0.3 is 14.7 Å². The molecule has 0 heterocycles. The van der Waals surface area contributed by atoms with Gasteiger partial charge in [-0.05, 0) is 74.1 Å². The molecule has 3 heteroatoms. The second kappa shape index (κ2) is 8.56. The molecule has 0 aromatic heterocycles. The highest BCUT2D eigenvalue weighted by Crippen LogP contribution is 2.31. The van der Waals surface area contributed by atoms with Crippen LogP contribution in [-0.4, -0.2) is 30.6 Å². The van der Waals surface area contributed by atoms with Gasteiger partial charge >= 0.3 is 0 Å². The molecule has 138 valence electrons. The first-order valence-corrected chi connectivity index (χ1v) is 9.00. The number of phenols is 1. The van der Waals surface area contributed by atoms with E-state index in [2.05, 4.69) is 38.1 Å². The van der Waals surface area contributed by atoms with Gasteiger partial charge in [0.15, 0.2) is 0 Å². The number of phenolic OH excluding ortho intramolecular Hbond substituents is 1. The Morgan fingerprint density at radius 2 is 1.48 bits per heavy atom. The van der Waals surface area contributed by atoms with Crippen molar-refractivity contribution in [3.05, 3.63) is 95.6 Å². The van der Waals surface area contributed by atoms with Crippen LogP contribution in [0.5, 0.6) is 17.2 Å². The third kappa shape index (κ3) is 4.99. The number of hydrogen-bond acceptors (Lipinski definition) is 3. The molecule has 3 nitrogen and oxygen atoms in total. The van der Waals surface area contributed by atoms with Crippen molar-refractivity contribution in [2.75, 3.05) is 20.6 Å². The fraction of sp³-hybridized carbons (Fsp3) is 0.167. The van der Waals surface area contributed by atoms with Crippen LogP contribution in [0.1, 0.15) is 18.1 Å². The standard InChI is InChI=1S/C24H25NO2/c1-18(17-25(2)3)24(20-8-7-9-21(26)16-20)19-12-14-23(15-13-19)27-22-10-5-4-6-11-22/h4-16,26H,17H2,1-3H3. The molecule has 0 aliphatic rings. The highest BCUT2D eigenvalue weighted by molar-refractivity contribution is 5.82. The summed E-state index contributed by atoms with van der Waals surface area (Å²) in [6, 6.07) is 25.3. The molecule has 0 saturated heterocycles. The Bertz CT molecular complexity index is 913. The number of hydrogen-bond donors (Lipinski definition) is 1. The van der Waals surface area contributed by atoms with E-state index in [9.17, 15) is 5.11 Å². The minimum absolute atomic E-state index is 0.270. The Kier molecular flexibility index (Phi) is 5.94. The van der Waals surface area contributed by atoms with E-state index in [0.717, 1.165) is 34.7 Å². The van der Waals surface area contributed by atoms with Crippen LogP contribution in [0.4, 0.5) is 0 Å². The lowest BCUT2D eigenvalue weighted by Gasteiger charge is -2.17. The average molecular weight is 359 g/mol. The highest BCUT2D eigenvalue weighted by Gasteiger charge is 2.11. The van der Waals surface area contributed by atoms with Gasteiger partial charge in [-0.2, -0.15) is 0 Å². The van der Waals surface area contributed by atoms with Gasteiger partial charge in [0.25, 0.3) is 0 Å². The smallest absolute Gasteiger partial charge is 0.127 e. The summed E-state index contributed by atoms with van der Waals surface area (Å²) in [6.07, 6.45) is 0. The van der Waals surface area contributed by atoms with E-state index < -0.39 is 0 Å². The van der Waals surface area contributed by atoms with Gasteiger partial charge in [-0.25, -0.2) is 0 Å². The first-order valence-electron chi connectivity index (χ1n) is 9.00. The van der Waals surface area contributed by atoms with Crippen molar-refractivity contribution in [3.63, 3.8) is 0 Å². The van der Waals surface area contributed by atoms with Crippen LogP contribution in [0.15, 0.2) is 84.4 Å². The molecule has 0 aliphatic carbocycles.